The number of carbonyl (C=O) groups is 6. The summed E-state index contributed by atoms with van der Waals surface area (Å²) in [6, 6.07) is 0.374. The number of rotatable bonds is 6. The zero-order valence-corrected chi connectivity index (χ0v) is 24.9. The number of nitrogens with two attached hydrogens (primary N) is 1. The van der Waals surface area contributed by atoms with Crippen LogP contribution in [0.25, 0.3) is 0 Å². The van der Waals surface area contributed by atoms with E-state index < -0.39 is 76.0 Å². The van der Waals surface area contributed by atoms with E-state index in [1.54, 1.807) is 25.1 Å². The van der Waals surface area contributed by atoms with Crippen molar-refractivity contribution < 1.29 is 39.0 Å². The maximum Gasteiger partial charge on any atom is 0.238 e. The fourth-order valence-corrected chi connectivity index (χ4v) is 6.69. The number of nitrogens with zero attached hydrogens (tertiary/aromatic N) is 2. The average Bonchev–Trinajstić information content (AvgIpc) is 2.85. The van der Waals surface area contributed by atoms with Crippen LogP contribution >= 0.6 is 0 Å². The number of likely N-dealkylation sites (N-methyl/N-ethyl adjacent to an activating group) is 1. The van der Waals surface area contributed by atoms with Crippen LogP contribution in [0, 0.1) is 23.7 Å². The average molecular weight is 586 g/mol. The molecule has 0 spiro atoms. The first-order valence-electron chi connectivity index (χ1n) is 13.8. The van der Waals surface area contributed by atoms with E-state index in [9.17, 15) is 39.0 Å². The van der Waals surface area contributed by atoms with Gasteiger partial charge < -0.3 is 31.5 Å². The Hall–Kier alpha value is -3.68. The highest BCUT2D eigenvalue weighted by molar-refractivity contribution is 6.32. The number of primary amides is 1. The molecule has 13 heteroatoms. The normalized spacial score (nSPS) is 29.1. The topological polar surface area (TPSA) is 199 Å². The van der Waals surface area contributed by atoms with Gasteiger partial charge in [-0.05, 0) is 65.3 Å². The van der Waals surface area contributed by atoms with Crippen LogP contribution < -0.4 is 21.3 Å². The van der Waals surface area contributed by atoms with E-state index in [4.69, 9.17) is 5.73 Å². The largest absolute Gasteiger partial charge is 0.505 e. The van der Waals surface area contributed by atoms with E-state index in [-0.39, 0.29) is 36.2 Å². The third kappa shape index (κ3) is 4.88. The molecular formula is C29H39N5O8. The van der Waals surface area contributed by atoms with E-state index in [0.29, 0.717) is 11.3 Å². The molecule has 3 aliphatic rings. The highest BCUT2D eigenvalue weighted by atomic mass is 16.3. The van der Waals surface area contributed by atoms with E-state index in [1.165, 1.54) is 19.0 Å². The molecule has 2 saturated carbocycles. The fraction of sp³-hybridized carbons (Fsp3) is 0.586. The minimum absolute atomic E-state index is 0.0365. The standard InChI is InChI=1S/C29H39N5O8/c1-28(2,3)31-11-17(35)32-15-10-16(33(4)5)13-8-12-9-14-21(34(6)7)24(38)20(27(30)41)26(40)29(14,42)25(39)18(12)23(37)19(13)22(15)36/h10,12,14,18,20-21,31,36,42H,8-9,11H2,1-7H3,(H2,30,41)(H,32,35)/t12-,14-,18?,20?,21?,29-/m0/s1. The molecule has 3 aliphatic carbocycles. The number of anilines is 2. The first-order chi connectivity index (χ1) is 19.3. The lowest BCUT2D eigenvalue weighted by molar-refractivity contribution is -0.181. The molecule has 3 unspecified atom stereocenters. The second-order valence-corrected chi connectivity index (χ2v) is 13.0. The van der Waals surface area contributed by atoms with E-state index >= 15 is 0 Å². The predicted octanol–water partition coefficient (Wildman–Crippen LogP) is -0.740. The van der Waals surface area contributed by atoms with Gasteiger partial charge in [-0.15, -0.1) is 0 Å². The number of carbonyl (C=O) groups excluding carboxylic acids is 6. The van der Waals surface area contributed by atoms with E-state index in [0.717, 1.165) is 0 Å². The van der Waals surface area contributed by atoms with Crippen LogP contribution in [0.3, 0.4) is 0 Å². The van der Waals surface area contributed by atoms with Crippen molar-refractivity contribution in [2.45, 2.75) is 50.8 Å². The third-order valence-corrected chi connectivity index (χ3v) is 8.57. The number of phenolic OH excluding ortho intramolecular Hbond substituents is 1. The van der Waals surface area contributed by atoms with Crippen LogP contribution in [-0.2, 0) is 30.4 Å². The lowest BCUT2D eigenvalue weighted by Gasteiger charge is -2.52. The summed E-state index contributed by atoms with van der Waals surface area (Å²) in [6.07, 6.45) is 0.0706. The van der Waals surface area contributed by atoms with Crippen LogP contribution in [0.15, 0.2) is 6.07 Å². The molecule has 228 valence electrons. The van der Waals surface area contributed by atoms with Crippen LogP contribution in [0.5, 0.6) is 5.75 Å². The summed E-state index contributed by atoms with van der Waals surface area (Å²) >= 11 is 0. The highest BCUT2D eigenvalue weighted by Gasteiger charge is 2.69. The molecule has 2 amide bonds. The van der Waals surface area contributed by atoms with Crippen LogP contribution in [-0.4, -0.2) is 102 Å². The Morgan fingerprint density at radius 3 is 2.24 bits per heavy atom. The Kier molecular flexibility index (Phi) is 7.85. The zero-order valence-electron chi connectivity index (χ0n) is 24.9. The number of fused-ring (bicyclic) bond motifs is 3. The second kappa shape index (κ2) is 10.5. The van der Waals surface area contributed by atoms with Gasteiger partial charge in [0.15, 0.2) is 34.7 Å². The number of phenols is 1. The third-order valence-electron chi connectivity index (χ3n) is 8.57. The first-order valence-corrected chi connectivity index (χ1v) is 13.8. The molecule has 1 aromatic carbocycles. The van der Waals surface area contributed by atoms with Gasteiger partial charge in [0.1, 0.15) is 5.75 Å². The van der Waals surface area contributed by atoms with E-state index in [2.05, 4.69) is 10.6 Å². The van der Waals surface area contributed by atoms with Gasteiger partial charge in [0, 0.05) is 31.2 Å². The Balaban J connectivity index is 1.81. The molecule has 0 aromatic heterocycles. The van der Waals surface area contributed by atoms with Crippen molar-refractivity contribution in [1.82, 2.24) is 10.2 Å². The molecule has 0 aliphatic heterocycles. The number of hydrogen-bond donors (Lipinski definition) is 5. The Morgan fingerprint density at radius 2 is 1.71 bits per heavy atom. The summed E-state index contributed by atoms with van der Waals surface area (Å²) in [5.74, 6) is -11.8. The summed E-state index contributed by atoms with van der Waals surface area (Å²) in [5.41, 5.74) is 2.95. The molecule has 6 N–H and O–H groups in total. The molecule has 0 radical (unpaired) electrons. The van der Waals surface area contributed by atoms with Gasteiger partial charge in [-0.1, -0.05) is 0 Å². The molecular weight excluding hydrogens is 546 g/mol. The van der Waals surface area contributed by atoms with Gasteiger partial charge in [0.25, 0.3) is 0 Å². The number of aromatic hydroxyl groups is 1. The van der Waals surface area contributed by atoms with Crippen molar-refractivity contribution in [2.75, 3.05) is 45.0 Å². The smallest absolute Gasteiger partial charge is 0.238 e. The second-order valence-electron chi connectivity index (χ2n) is 13.0. The van der Waals surface area contributed by atoms with Gasteiger partial charge in [0.2, 0.25) is 11.8 Å². The van der Waals surface area contributed by atoms with Gasteiger partial charge in [-0.3, -0.25) is 33.7 Å². The van der Waals surface area contributed by atoms with Crippen molar-refractivity contribution in [3.05, 3.63) is 17.2 Å². The van der Waals surface area contributed by atoms with Crippen molar-refractivity contribution in [3.63, 3.8) is 0 Å². The maximum absolute atomic E-state index is 14.1. The summed E-state index contributed by atoms with van der Waals surface area (Å²) < 4.78 is 0. The lowest BCUT2D eigenvalue weighted by Crippen LogP contribution is -2.74. The number of benzene rings is 1. The van der Waals surface area contributed by atoms with Crippen molar-refractivity contribution in [1.29, 1.82) is 0 Å². The van der Waals surface area contributed by atoms with Gasteiger partial charge in [-0.2, -0.15) is 0 Å². The SMILES string of the molecule is CN(C)c1cc(NC(=O)CNC(C)(C)C)c(O)c2c1C[C@H]1C[C@H]3C(N(C)C)C(=O)C(C(N)=O)C(=O)[C@@]3(O)C(=O)C1C2=O. The maximum atomic E-state index is 14.1. The van der Waals surface area contributed by atoms with Crippen molar-refractivity contribution >= 4 is 46.3 Å². The quantitative estimate of drug-likeness (QED) is 0.208. The first kappa shape index (κ1) is 31.3. The lowest BCUT2D eigenvalue weighted by atomic mass is 9.52. The molecule has 13 nitrogen and oxygen atoms in total. The Labute approximate surface area is 243 Å². The monoisotopic (exact) mass is 585 g/mol. The van der Waals surface area contributed by atoms with E-state index in [1.807, 2.05) is 20.8 Å². The molecule has 42 heavy (non-hydrogen) atoms. The molecule has 0 heterocycles. The predicted molar refractivity (Wildman–Crippen MR) is 152 cm³/mol. The fourth-order valence-electron chi connectivity index (χ4n) is 6.69. The van der Waals surface area contributed by atoms with Crippen LogP contribution in [0.1, 0.15) is 43.1 Å². The molecule has 4 rings (SSSR count). The van der Waals surface area contributed by atoms with Gasteiger partial charge in [-0.25, -0.2) is 0 Å². The summed E-state index contributed by atoms with van der Waals surface area (Å²) in [4.78, 5) is 82.7. The van der Waals surface area contributed by atoms with Crippen molar-refractivity contribution in [2.24, 2.45) is 29.4 Å². The van der Waals surface area contributed by atoms with Gasteiger partial charge in [0.05, 0.1) is 29.8 Å². The summed E-state index contributed by atoms with van der Waals surface area (Å²) in [5, 5.41) is 28.6. The highest BCUT2D eigenvalue weighted by Crippen LogP contribution is 2.52. The Bertz CT molecular complexity index is 1400. The minimum atomic E-state index is -2.80. The number of hydrogen-bond acceptors (Lipinski definition) is 11. The number of Topliss-reactive ketones (excluding diaryl/α,β-unsaturated/α-hetero) is 4. The Morgan fingerprint density at radius 1 is 1.10 bits per heavy atom. The number of ketones is 4. The minimum Gasteiger partial charge on any atom is -0.505 e. The van der Waals surface area contributed by atoms with Gasteiger partial charge >= 0.3 is 0 Å². The number of amides is 2. The molecule has 0 bridgehead atoms. The van der Waals surface area contributed by atoms with Crippen LogP contribution in [0.4, 0.5) is 11.4 Å². The number of aliphatic hydroxyl groups is 1. The molecule has 2 fully saturated rings. The van der Waals surface area contributed by atoms with Crippen molar-refractivity contribution in [3.8, 4) is 5.75 Å². The summed E-state index contributed by atoms with van der Waals surface area (Å²) in [6.45, 7) is 5.58. The number of nitrogens with one attached hydrogen (secondary N) is 2. The summed E-state index contributed by atoms with van der Waals surface area (Å²) in [7, 11) is 6.52. The molecule has 0 saturated heterocycles. The molecule has 6 atom stereocenters. The van der Waals surface area contributed by atoms with Crippen LogP contribution in [0.2, 0.25) is 0 Å². The zero-order chi connectivity index (χ0) is 31.6. The molecule has 1 aromatic rings.